The number of hydrogen-bond donors (Lipinski definition) is 0. The van der Waals surface area contributed by atoms with Crippen molar-refractivity contribution in [3.63, 3.8) is 0 Å². The van der Waals surface area contributed by atoms with E-state index in [2.05, 4.69) is 4.98 Å². The lowest BCUT2D eigenvalue weighted by atomic mass is 10.0. The number of halogens is 3. The van der Waals surface area contributed by atoms with Gasteiger partial charge in [-0.15, -0.1) is 11.6 Å². The SMILES string of the molecule is Cc1c(C(F)F)cnc(CC#N)c1CCl. The monoisotopic (exact) mass is 230 g/mol. The van der Waals surface area contributed by atoms with Crippen molar-refractivity contribution in [1.29, 1.82) is 5.26 Å². The number of hydrogen-bond acceptors (Lipinski definition) is 2. The molecule has 0 saturated carbocycles. The van der Waals surface area contributed by atoms with E-state index in [1.54, 1.807) is 6.92 Å². The first kappa shape index (κ1) is 11.9. The summed E-state index contributed by atoms with van der Waals surface area (Å²) in [6, 6.07) is 1.93. The number of nitriles is 1. The van der Waals surface area contributed by atoms with E-state index >= 15 is 0 Å². The number of pyridine rings is 1. The molecular formula is C10H9ClF2N2. The lowest BCUT2D eigenvalue weighted by Gasteiger charge is -2.11. The van der Waals surface area contributed by atoms with E-state index in [1.807, 2.05) is 6.07 Å². The Morgan fingerprint density at radius 2 is 2.27 bits per heavy atom. The second-order valence-corrected chi connectivity index (χ2v) is 3.30. The first-order valence-electron chi connectivity index (χ1n) is 4.30. The van der Waals surface area contributed by atoms with E-state index in [-0.39, 0.29) is 17.9 Å². The number of aromatic nitrogens is 1. The largest absolute Gasteiger partial charge is 0.265 e. The van der Waals surface area contributed by atoms with Crippen LogP contribution >= 0.6 is 11.6 Å². The van der Waals surface area contributed by atoms with Crippen molar-refractivity contribution in [2.24, 2.45) is 0 Å². The molecule has 2 nitrogen and oxygen atoms in total. The average Bonchev–Trinajstić information content (AvgIpc) is 2.18. The van der Waals surface area contributed by atoms with E-state index in [0.717, 1.165) is 6.20 Å². The van der Waals surface area contributed by atoms with Crippen LogP contribution in [-0.2, 0) is 12.3 Å². The molecule has 0 radical (unpaired) electrons. The average molecular weight is 231 g/mol. The lowest BCUT2D eigenvalue weighted by molar-refractivity contribution is 0.150. The minimum atomic E-state index is -2.56. The first-order chi connectivity index (χ1) is 7.11. The zero-order valence-corrected chi connectivity index (χ0v) is 8.85. The molecule has 1 aromatic rings. The summed E-state index contributed by atoms with van der Waals surface area (Å²) in [5.41, 5.74) is 1.33. The van der Waals surface area contributed by atoms with Crippen molar-refractivity contribution in [3.8, 4) is 6.07 Å². The molecule has 0 aliphatic rings. The molecule has 0 fully saturated rings. The third-order valence-corrected chi connectivity index (χ3v) is 2.48. The molecule has 0 N–H and O–H groups in total. The fraction of sp³-hybridized carbons (Fsp3) is 0.400. The van der Waals surface area contributed by atoms with Gasteiger partial charge in [-0.2, -0.15) is 5.26 Å². The van der Waals surface area contributed by atoms with Gasteiger partial charge in [0.1, 0.15) is 0 Å². The molecule has 1 aromatic heterocycles. The Morgan fingerprint density at radius 1 is 1.60 bits per heavy atom. The summed E-state index contributed by atoms with van der Waals surface area (Å²) in [5.74, 6) is 0.0937. The van der Waals surface area contributed by atoms with Crippen molar-refractivity contribution < 1.29 is 8.78 Å². The van der Waals surface area contributed by atoms with Crippen LogP contribution in [0.3, 0.4) is 0 Å². The molecule has 0 bridgehead atoms. The van der Waals surface area contributed by atoms with Crippen LogP contribution < -0.4 is 0 Å². The first-order valence-corrected chi connectivity index (χ1v) is 4.83. The zero-order chi connectivity index (χ0) is 11.4. The Labute approximate surface area is 91.5 Å². The van der Waals surface area contributed by atoms with Crippen molar-refractivity contribution in [1.82, 2.24) is 4.98 Å². The summed E-state index contributed by atoms with van der Waals surface area (Å²) in [6.07, 6.45) is -1.36. The van der Waals surface area contributed by atoms with E-state index in [0.29, 0.717) is 16.8 Å². The molecule has 80 valence electrons. The number of nitrogens with zero attached hydrogens (tertiary/aromatic N) is 2. The van der Waals surface area contributed by atoms with Gasteiger partial charge >= 0.3 is 0 Å². The Hall–Kier alpha value is -1.21. The predicted molar refractivity (Wildman–Crippen MR) is 52.8 cm³/mol. The molecule has 5 heteroatoms. The highest BCUT2D eigenvalue weighted by molar-refractivity contribution is 6.17. The number of alkyl halides is 3. The van der Waals surface area contributed by atoms with Crippen LogP contribution in [0, 0.1) is 18.3 Å². The second-order valence-electron chi connectivity index (χ2n) is 3.03. The summed E-state index contributed by atoms with van der Waals surface area (Å²) in [6.45, 7) is 1.57. The highest BCUT2D eigenvalue weighted by atomic mass is 35.5. The van der Waals surface area contributed by atoms with Gasteiger partial charge in [-0.25, -0.2) is 8.78 Å². The second kappa shape index (κ2) is 5.04. The van der Waals surface area contributed by atoms with Gasteiger partial charge in [-0.05, 0) is 18.1 Å². The summed E-state index contributed by atoms with van der Waals surface area (Å²) in [5, 5.41) is 8.53. The van der Waals surface area contributed by atoms with Gasteiger partial charge in [0.25, 0.3) is 6.43 Å². The van der Waals surface area contributed by atoms with E-state index in [1.165, 1.54) is 0 Å². The van der Waals surface area contributed by atoms with Gasteiger partial charge in [-0.1, -0.05) is 0 Å². The summed E-state index contributed by atoms with van der Waals surface area (Å²) in [4.78, 5) is 3.83. The van der Waals surface area contributed by atoms with Gasteiger partial charge in [-0.3, -0.25) is 4.98 Å². The molecule has 0 aliphatic heterocycles. The van der Waals surface area contributed by atoms with Crippen LogP contribution in [0.4, 0.5) is 8.78 Å². The molecule has 0 amide bonds. The third-order valence-electron chi connectivity index (χ3n) is 2.21. The van der Waals surface area contributed by atoms with Crippen molar-refractivity contribution in [3.05, 3.63) is 28.6 Å². The molecule has 0 spiro atoms. The predicted octanol–water partition coefficient (Wildman–Crippen LogP) is 3.13. The van der Waals surface area contributed by atoms with Crippen molar-refractivity contribution in [2.45, 2.75) is 25.7 Å². The van der Waals surface area contributed by atoms with Crippen LogP contribution in [0.2, 0.25) is 0 Å². The lowest BCUT2D eigenvalue weighted by Crippen LogP contribution is -2.03. The summed E-state index contributed by atoms with van der Waals surface area (Å²) >= 11 is 5.66. The molecule has 0 aromatic carbocycles. The van der Waals surface area contributed by atoms with E-state index < -0.39 is 6.43 Å². The van der Waals surface area contributed by atoms with Crippen LogP contribution in [0.1, 0.15) is 28.8 Å². The quantitative estimate of drug-likeness (QED) is 0.748. The Morgan fingerprint density at radius 3 is 2.73 bits per heavy atom. The Kier molecular flexibility index (Phi) is 3.98. The summed E-state index contributed by atoms with van der Waals surface area (Å²) < 4.78 is 25.0. The van der Waals surface area contributed by atoms with Gasteiger partial charge in [0, 0.05) is 17.6 Å². The molecule has 0 atom stereocenters. The normalized spacial score (nSPS) is 10.4. The third kappa shape index (κ3) is 2.42. The van der Waals surface area contributed by atoms with Gasteiger partial charge in [0.15, 0.2) is 0 Å². The zero-order valence-electron chi connectivity index (χ0n) is 8.10. The molecule has 1 heterocycles. The van der Waals surface area contributed by atoms with Crippen molar-refractivity contribution in [2.75, 3.05) is 0 Å². The summed E-state index contributed by atoms with van der Waals surface area (Å²) in [7, 11) is 0. The van der Waals surface area contributed by atoms with Gasteiger partial charge in [0.2, 0.25) is 0 Å². The highest BCUT2D eigenvalue weighted by Gasteiger charge is 2.16. The maximum atomic E-state index is 12.5. The Balaban J connectivity index is 3.27. The molecular weight excluding hydrogens is 222 g/mol. The van der Waals surface area contributed by atoms with Crippen LogP contribution in [-0.4, -0.2) is 4.98 Å². The van der Waals surface area contributed by atoms with Crippen LogP contribution in [0.5, 0.6) is 0 Å². The fourth-order valence-electron chi connectivity index (χ4n) is 1.34. The highest BCUT2D eigenvalue weighted by Crippen LogP contribution is 2.26. The minimum Gasteiger partial charge on any atom is -0.259 e. The van der Waals surface area contributed by atoms with Gasteiger partial charge in [0.05, 0.1) is 18.2 Å². The van der Waals surface area contributed by atoms with Crippen LogP contribution in [0.25, 0.3) is 0 Å². The smallest absolute Gasteiger partial charge is 0.259 e. The molecule has 15 heavy (non-hydrogen) atoms. The molecule has 0 saturated heterocycles. The minimum absolute atomic E-state index is 0.0897. The van der Waals surface area contributed by atoms with Gasteiger partial charge < -0.3 is 0 Å². The maximum Gasteiger partial charge on any atom is 0.265 e. The molecule has 1 rings (SSSR count). The molecule has 0 aliphatic carbocycles. The fourth-order valence-corrected chi connectivity index (χ4v) is 1.69. The van der Waals surface area contributed by atoms with E-state index in [9.17, 15) is 8.78 Å². The Bertz CT molecular complexity index is 399. The maximum absolute atomic E-state index is 12.5. The molecule has 0 unspecified atom stereocenters. The van der Waals surface area contributed by atoms with Crippen LogP contribution in [0.15, 0.2) is 6.20 Å². The standard InChI is InChI=1S/C10H9ClF2N2/c1-6-7(4-11)9(2-3-14)15-5-8(6)10(12)13/h5,10H,2,4H2,1H3. The van der Waals surface area contributed by atoms with E-state index in [4.69, 9.17) is 16.9 Å². The topological polar surface area (TPSA) is 36.7 Å². The number of rotatable bonds is 3. The van der Waals surface area contributed by atoms with Crippen molar-refractivity contribution >= 4 is 11.6 Å².